The summed E-state index contributed by atoms with van der Waals surface area (Å²) in [6.45, 7) is 3.37. The molecule has 12 heteroatoms. The summed E-state index contributed by atoms with van der Waals surface area (Å²) < 4.78 is 26.3. The van der Waals surface area contributed by atoms with Gasteiger partial charge in [-0.15, -0.1) is 0 Å². The molecule has 51 heavy (non-hydrogen) atoms. The predicted octanol–water partition coefficient (Wildman–Crippen LogP) is 8.00. The zero-order valence-corrected chi connectivity index (χ0v) is 32.5. The average Bonchev–Trinajstić information content (AvgIpc) is 3.35. The standard InChI is InChI=1S/C39H71O11P/c1-3-5-7-8-9-10-11-12-13-14-15-16-22-26-39(44)50-33(31-49-51(45,46)47)30-48-38(43)25-21-18-17-20-24-34-35(37(42)29-36(34)41)28-27-32(40)23-19-6-4-2/h10-11,27-28,32-37,40-42H,3-9,12-26,29-31H2,1-2H3,(H2,45,46,47)/b11-10-,28-27+/t32-,33+,34+,35+,36-,37+/m0/s1. The van der Waals surface area contributed by atoms with Gasteiger partial charge in [0.15, 0.2) is 6.10 Å². The average molecular weight is 747 g/mol. The van der Waals surface area contributed by atoms with Crippen molar-refractivity contribution in [3.05, 3.63) is 24.3 Å². The fourth-order valence-corrected chi connectivity index (χ4v) is 6.88. The topological polar surface area (TPSA) is 180 Å². The number of unbranched alkanes of at least 4 members (excludes halogenated alkanes) is 14. The Morgan fingerprint density at radius 2 is 1.31 bits per heavy atom. The Balaban J connectivity index is 2.30. The summed E-state index contributed by atoms with van der Waals surface area (Å²) in [7, 11) is -4.80. The summed E-state index contributed by atoms with van der Waals surface area (Å²) in [5.41, 5.74) is 0. The summed E-state index contributed by atoms with van der Waals surface area (Å²) in [5.74, 6) is -1.31. The number of aliphatic hydroxyl groups is 3. The lowest BCUT2D eigenvalue weighted by molar-refractivity contribution is -0.161. The molecule has 0 spiro atoms. The number of aliphatic hydroxyl groups excluding tert-OH is 3. The smallest absolute Gasteiger partial charge is 0.462 e. The number of carbonyl (C=O) groups excluding carboxylic acids is 2. The van der Waals surface area contributed by atoms with Gasteiger partial charge in [0.2, 0.25) is 0 Å². The highest BCUT2D eigenvalue weighted by molar-refractivity contribution is 7.46. The van der Waals surface area contributed by atoms with Crippen molar-refractivity contribution in [2.45, 2.75) is 186 Å². The first-order valence-corrected chi connectivity index (χ1v) is 21.4. The number of phosphoric ester groups is 1. The van der Waals surface area contributed by atoms with Crippen LogP contribution < -0.4 is 0 Å². The molecule has 298 valence electrons. The Morgan fingerprint density at radius 1 is 0.745 bits per heavy atom. The van der Waals surface area contributed by atoms with E-state index in [9.17, 15) is 29.5 Å². The van der Waals surface area contributed by atoms with Gasteiger partial charge in [0.25, 0.3) is 0 Å². The summed E-state index contributed by atoms with van der Waals surface area (Å²) in [5, 5.41) is 31.2. The third-order valence-corrected chi connectivity index (χ3v) is 10.0. The molecule has 1 saturated carbocycles. The van der Waals surface area contributed by atoms with Crippen molar-refractivity contribution >= 4 is 19.8 Å². The fraction of sp³-hybridized carbons (Fsp3) is 0.846. The van der Waals surface area contributed by atoms with Gasteiger partial charge in [0.05, 0.1) is 24.9 Å². The third-order valence-electron chi connectivity index (χ3n) is 9.54. The van der Waals surface area contributed by atoms with E-state index in [1.165, 1.54) is 25.7 Å². The van der Waals surface area contributed by atoms with Gasteiger partial charge in [-0.1, -0.05) is 115 Å². The molecule has 0 aromatic heterocycles. The molecule has 1 rings (SSSR count). The highest BCUT2D eigenvalue weighted by Crippen LogP contribution is 2.37. The summed E-state index contributed by atoms with van der Waals surface area (Å²) in [4.78, 5) is 43.0. The Bertz CT molecular complexity index is 998. The van der Waals surface area contributed by atoms with Crippen LogP contribution in [0.5, 0.6) is 0 Å². The van der Waals surface area contributed by atoms with E-state index >= 15 is 0 Å². The molecule has 6 atom stereocenters. The molecule has 0 unspecified atom stereocenters. The lowest BCUT2D eigenvalue weighted by Crippen LogP contribution is -2.29. The van der Waals surface area contributed by atoms with Crippen LogP contribution in [0.15, 0.2) is 24.3 Å². The molecule has 5 N–H and O–H groups in total. The van der Waals surface area contributed by atoms with E-state index in [4.69, 9.17) is 19.3 Å². The molecule has 0 radical (unpaired) electrons. The molecule has 0 saturated heterocycles. The molecule has 0 aromatic carbocycles. The lowest BCUT2D eigenvalue weighted by Gasteiger charge is -2.21. The van der Waals surface area contributed by atoms with Crippen LogP contribution in [0, 0.1) is 11.8 Å². The van der Waals surface area contributed by atoms with E-state index in [2.05, 4.69) is 30.5 Å². The van der Waals surface area contributed by atoms with Crippen LogP contribution in [-0.2, 0) is 28.2 Å². The van der Waals surface area contributed by atoms with E-state index < -0.39 is 50.8 Å². The van der Waals surface area contributed by atoms with Gasteiger partial charge < -0.3 is 34.6 Å². The van der Waals surface area contributed by atoms with E-state index in [-0.39, 0.29) is 31.3 Å². The number of carbonyl (C=O) groups is 2. The Labute approximate surface area is 307 Å². The zero-order valence-electron chi connectivity index (χ0n) is 31.6. The van der Waals surface area contributed by atoms with E-state index in [1.54, 1.807) is 6.08 Å². The van der Waals surface area contributed by atoms with Crippen molar-refractivity contribution in [1.82, 2.24) is 0 Å². The molecule has 1 aliphatic carbocycles. The molecule has 0 aromatic rings. The maximum atomic E-state index is 12.4. The van der Waals surface area contributed by atoms with Crippen molar-refractivity contribution in [3.63, 3.8) is 0 Å². The van der Waals surface area contributed by atoms with Crippen molar-refractivity contribution < 1.29 is 53.3 Å². The SMILES string of the molecule is CCCCCC/C=C\CCCCCCCC(=O)O[C@H](COC(=O)CCCCCC[C@@H]1[C@@H](/C=C/[C@@H](O)CCCCC)[C@H](O)C[C@@H]1O)COP(=O)(O)O. The van der Waals surface area contributed by atoms with E-state index in [1.807, 2.05) is 6.08 Å². The van der Waals surface area contributed by atoms with Gasteiger partial charge in [-0.2, -0.15) is 0 Å². The van der Waals surface area contributed by atoms with Crippen molar-refractivity contribution in [1.29, 1.82) is 0 Å². The number of allylic oxidation sites excluding steroid dienone is 2. The van der Waals surface area contributed by atoms with Gasteiger partial charge in [0.1, 0.15) is 6.61 Å². The maximum absolute atomic E-state index is 12.4. The van der Waals surface area contributed by atoms with Gasteiger partial charge >= 0.3 is 19.8 Å². The Morgan fingerprint density at radius 3 is 1.96 bits per heavy atom. The van der Waals surface area contributed by atoms with Crippen molar-refractivity contribution in [2.75, 3.05) is 13.2 Å². The summed E-state index contributed by atoms with van der Waals surface area (Å²) in [6.07, 6.45) is 25.4. The van der Waals surface area contributed by atoms with Crippen LogP contribution in [0.4, 0.5) is 0 Å². The molecule has 0 heterocycles. The molecule has 0 aliphatic heterocycles. The zero-order chi connectivity index (χ0) is 37.7. The van der Waals surface area contributed by atoms with Gasteiger partial charge in [-0.3, -0.25) is 14.1 Å². The first kappa shape index (κ1) is 47.4. The minimum atomic E-state index is -4.80. The second-order valence-corrected chi connectivity index (χ2v) is 15.5. The third kappa shape index (κ3) is 25.9. The molecular formula is C39H71O11P. The number of hydrogen-bond acceptors (Lipinski definition) is 9. The lowest BCUT2D eigenvalue weighted by atomic mass is 9.88. The second kappa shape index (κ2) is 29.8. The minimum Gasteiger partial charge on any atom is -0.462 e. The minimum absolute atomic E-state index is 0.0822. The highest BCUT2D eigenvalue weighted by atomic mass is 31.2. The summed E-state index contributed by atoms with van der Waals surface area (Å²) >= 11 is 0. The number of rotatable bonds is 32. The molecule has 1 aliphatic rings. The van der Waals surface area contributed by atoms with Crippen LogP contribution in [0.1, 0.15) is 162 Å². The monoisotopic (exact) mass is 746 g/mol. The van der Waals surface area contributed by atoms with Gasteiger partial charge in [-0.25, -0.2) is 4.57 Å². The number of phosphoric acid groups is 1. The Hall–Kier alpha value is -1.59. The first-order valence-electron chi connectivity index (χ1n) is 19.9. The number of esters is 2. The van der Waals surface area contributed by atoms with E-state index in [0.29, 0.717) is 25.7 Å². The normalized spacial score (nSPS) is 20.7. The van der Waals surface area contributed by atoms with Crippen LogP contribution in [0.2, 0.25) is 0 Å². The molecule has 0 amide bonds. The number of ether oxygens (including phenoxy) is 2. The quantitative estimate of drug-likeness (QED) is 0.0195. The molecule has 0 bridgehead atoms. The first-order chi connectivity index (χ1) is 24.5. The molecular weight excluding hydrogens is 675 g/mol. The summed E-state index contributed by atoms with van der Waals surface area (Å²) in [6, 6.07) is 0. The maximum Gasteiger partial charge on any atom is 0.469 e. The van der Waals surface area contributed by atoms with Crippen LogP contribution in [0.3, 0.4) is 0 Å². The van der Waals surface area contributed by atoms with Crippen molar-refractivity contribution in [2.24, 2.45) is 11.8 Å². The molecule has 1 fully saturated rings. The predicted molar refractivity (Wildman–Crippen MR) is 200 cm³/mol. The van der Waals surface area contributed by atoms with Crippen molar-refractivity contribution in [3.8, 4) is 0 Å². The largest absolute Gasteiger partial charge is 0.469 e. The highest BCUT2D eigenvalue weighted by Gasteiger charge is 2.39. The van der Waals surface area contributed by atoms with Gasteiger partial charge in [-0.05, 0) is 57.3 Å². The van der Waals surface area contributed by atoms with Gasteiger partial charge in [0, 0.05) is 25.2 Å². The van der Waals surface area contributed by atoms with Crippen LogP contribution in [-0.4, -0.2) is 74.7 Å². The second-order valence-electron chi connectivity index (χ2n) is 14.2. The number of hydrogen-bond donors (Lipinski definition) is 5. The van der Waals surface area contributed by atoms with Crippen LogP contribution in [0.25, 0.3) is 0 Å². The van der Waals surface area contributed by atoms with E-state index in [0.717, 1.165) is 83.5 Å². The Kier molecular flexibility index (Phi) is 27.7. The van der Waals surface area contributed by atoms with Crippen LogP contribution >= 0.6 is 7.82 Å². The fourth-order valence-electron chi connectivity index (χ4n) is 6.52. The molecule has 11 nitrogen and oxygen atoms in total.